The number of rotatable bonds is 2. The molecule has 0 N–H and O–H groups in total. The Morgan fingerprint density at radius 2 is 1.96 bits per heavy atom. The topological polar surface area (TPSA) is 98.5 Å². The fraction of sp³-hybridized carbons (Fsp3) is 0.438. The molecular weight excluding hydrogens is 366 g/mol. The van der Waals surface area contributed by atoms with Crippen molar-refractivity contribution in [3.8, 4) is 6.07 Å². The van der Waals surface area contributed by atoms with Crippen LogP contribution < -0.4 is 4.31 Å². The molecule has 0 aliphatic carbocycles. The minimum Gasteiger partial charge on any atom is -0.339 e. The molecule has 1 aromatic carbocycles. The van der Waals surface area contributed by atoms with Gasteiger partial charge < -0.3 is 4.90 Å². The normalized spacial score (nSPS) is 20.6. The second-order valence-electron chi connectivity index (χ2n) is 6.08. The highest BCUT2D eigenvalue weighted by molar-refractivity contribution is 7.94. The Bertz CT molecular complexity index is 870. The molecule has 2 amide bonds. The van der Waals surface area contributed by atoms with Gasteiger partial charge >= 0.3 is 0 Å². The lowest BCUT2D eigenvalue weighted by Crippen LogP contribution is -2.38. The van der Waals surface area contributed by atoms with Crippen LogP contribution in [0.5, 0.6) is 0 Å². The molecule has 2 aliphatic heterocycles. The fourth-order valence-electron chi connectivity index (χ4n) is 3.05. The Kier molecular flexibility index (Phi) is 4.71. The highest BCUT2D eigenvalue weighted by Crippen LogP contribution is 2.30. The lowest BCUT2D eigenvalue weighted by molar-refractivity contribution is -0.116. The number of benzene rings is 1. The van der Waals surface area contributed by atoms with Gasteiger partial charge in [0.2, 0.25) is 15.9 Å². The Balaban J connectivity index is 1.89. The summed E-state index contributed by atoms with van der Waals surface area (Å²) in [6.45, 7) is 0.886. The zero-order valence-electron chi connectivity index (χ0n) is 13.3. The average Bonchev–Trinajstić information content (AvgIpc) is 2.88. The summed E-state index contributed by atoms with van der Waals surface area (Å²) in [6.07, 6.45) is 1.12. The second kappa shape index (κ2) is 6.65. The third-order valence-corrected chi connectivity index (χ3v) is 6.48. The zero-order valence-corrected chi connectivity index (χ0v) is 14.9. The number of halogens is 1. The van der Waals surface area contributed by atoms with Crippen LogP contribution in [0.1, 0.15) is 29.6 Å². The van der Waals surface area contributed by atoms with E-state index < -0.39 is 15.9 Å². The quantitative estimate of drug-likeness (QED) is 0.777. The number of piperidine rings is 1. The third-order valence-electron chi connectivity index (χ3n) is 4.46. The summed E-state index contributed by atoms with van der Waals surface area (Å²) in [5.41, 5.74) is 0.284. The molecular formula is C16H16ClN3O4S. The Morgan fingerprint density at radius 1 is 1.28 bits per heavy atom. The molecule has 0 unspecified atom stereocenters. The van der Waals surface area contributed by atoms with Crippen molar-refractivity contribution < 1.29 is 18.0 Å². The van der Waals surface area contributed by atoms with E-state index in [1.807, 2.05) is 0 Å². The van der Waals surface area contributed by atoms with Gasteiger partial charge in [-0.1, -0.05) is 11.6 Å². The summed E-state index contributed by atoms with van der Waals surface area (Å²) in [4.78, 5) is 26.2. The van der Waals surface area contributed by atoms with E-state index in [0.717, 1.165) is 4.31 Å². The first-order valence-electron chi connectivity index (χ1n) is 7.88. The maximum atomic E-state index is 12.7. The molecule has 7 nitrogen and oxygen atoms in total. The first-order chi connectivity index (χ1) is 11.8. The molecule has 0 saturated carbocycles. The van der Waals surface area contributed by atoms with Crippen molar-refractivity contribution in [2.45, 2.75) is 19.3 Å². The van der Waals surface area contributed by atoms with Gasteiger partial charge in [-0.25, -0.2) is 12.7 Å². The molecule has 132 valence electrons. The molecule has 2 aliphatic rings. The lowest BCUT2D eigenvalue weighted by atomic mass is 9.98. The monoisotopic (exact) mass is 381 g/mol. The molecule has 3 rings (SSSR count). The van der Waals surface area contributed by atoms with E-state index in [0.29, 0.717) is 25.9 Å². The van der Waals surface area contributed by atoms with E-state index in [1.165, 1.54) is 18.2 Å². The second-order valence-corrected chi connectivity index (χ2v) is 8.43. The third kappa shape index (κ3) is 3.34. The first kappa shape index (κ1) is 17.7. The van der Waals surface area contributed by atoms with Gasteiger partial charge in [-0.05, 0) is 31.0 Å². The van der Waals surface area contributed by atoms with Crippen LogP contribution in [-0.4, -0.2) is 44.0 Å². The molecule has 2 fully saturated rings. The van der Waals surface area contributed by atoms with Gasteiger partial charge in [-0.3, -0.25) is 9.59 Å². The molecule has 0 radical (unpaired) electrons. The Labute approximate surface area is 150 Å². The van der Waals surface area contributed by atoms with E-state index in [1.54, 1.807) is 4.90 Å². The van der Waals surface area contributed by atoms with Crippen molar-refractivity contribution in [2.24, 2.45) is 5.92 Å². The van der Waals surface area contributed by atoms with Crippen molar-refractivity contribution in [3.05, 3.63) is 28.8 Å². The molecule has 2 saturated heterocycles. The number of sulfonamides is 1. The van der Waals surface area contributed by atoms with Crippen LogP contribution in [0, 0.1) is 17.2 Å². The minimum atomic E-state index is -3.70. The molecule has 0 atom stereocenters. The van der Waals surface area contributed by atoms with Gasteiger partial charge in [0, 0.05) is 25.4 Å². The smallest absolute Gasteiger partial charge is 0.255 e. The maximum Gasteiger partial charge on any atom is 0.255 e. The predicted octanol–water partition coefficient (Wildman–Crippen LogP) is 1.78. The van der Waals surface area contributed by atoms with E-state index in [9.17, 15) is 18.0 Å². The number of hydrogen-bond acceptors (Lipinski definition) is 5. The number of carbonyl (C=O) groups excluding carboxylic acids is 2. The van der Waals surface area contributed by atoms with Gasteiger partial charge in [-0.2, -0.15) is 5.26 Å². The summed E-state index contributed by atoms with van der Waals surface area (Å²) in [6, 6.07) is 6.39. The van der Waals surface area contributed by atoms with Gasteiger partial charge in [0.05, 0.1) is 28.1 Å². The van der Waals surface area contributed by atoms with Crippen LogP contribution in [0.4, 0.5) is 5.69 Å². The van der Waals surface area contributed by atoms with Crippen LogP contribution in [0.3, 0.4) is 0 Å². The van der Waals surface area contributed by atoms with E-state index in [-0.39, 0.29) is 40.3 Å². The summed E-state index contributed by atoms with van der Waals surface area (Å²) in [7, 11) is -3.70. The minimum absolute atomic E-state index is 0.0572. The van der Waals surface area contributed by atoms with Crippen molar-refractivity contribution in [1.82, 2.24) is 4.90 Å². The SMILES string of the molecule is N#CC1CCN(C(=O)c2cc(N3C(=O)CCS3(=O)=O)ccc2Cl)CC1. The van der Waals surface area contributed by atoms with Gasteiger partial charge in [-0.15, -0.1) is 0 Å². The highest BCUT2D eigenvalue weighted by atomic mass is 35.5. The molecule has 1 aromatic rings. The van der Waals surface area contributed by atoms with E-state index in [4.69, 9.17) is 16.9 Å². The van der Waals surface area contributed by atoms with Crippen LogP contribution in [0.2, 0.25) is 5.02 Å². The molecule has 25 heavy (non-hydrogen) atoms. The molecule has 0 spiro atoms. The van der Waals surface area contributed by atoms with Crippen LogP contribution in [0.15, 0.2) is 18.2 Å². The number of nitriles is 1. The number of nitrogens with zero attached hydrogens (tertiary/aromatic N) is 3. The zero-order chi connectivity index (χ0) is 18.2. The van der Waals surface area contributed by atoms with Crippen molar-refractivity contribution in [1.29, 1.82) is 5.26 Å². The number of hydrogen-bond donors (Lipinski definition) is 0. The number of anilines is 1. The average molecular weight is 382 g/mol. The van der Waals surface area contributed by atoms with Crippen LogP contribution >= 0.6 is 11.6 Å². The summed E-state index contributed by atoms with van der Waals surface area (Å²) < 4.78 is 24.8. The van der Waals surface area contributed by atoms with Crippen LogP contribution in [0.25, 0.3) is 0 Å². The summed E-state index contributed by atoms with van der Waals surface area (Å²) in [5.74, 6) is -1.14. The molecule has 9 heteroatoms. The summed E-state index contributed by atoms with van der Waals surface area (Å²) in [5, 5.41) is 9.13. The van der Waals surface area contributed by atoms with Gasteiger partial charge in [0.1, 0.15) is 0 Å². The Morgan fingerprint density at radius 3 is 2.52 bits per heavy atom. The number of carbonyl (C=O) groups is 2. The highest BCUT2D eigenvalue weighted by Gasteiger charge is 2.37. The van der Waals surface area contributed by atoms with Crippen molar-refractivity contribution in [3.63, 3.8) is 0 Å². The van der Waals surface area contributed by atoms with Gasteiger partial charge in [0.15, 0.2) is 0 Å². The first-order valence-corrected chi connectivity index (χ1v) is 9.86. The molecule has 0 bridgehead atoms. The van der Waals surface area contributed by atoms with E-state index in [2.05, 4.69) is 6.07 Å². The van der Waals surface area contributed by atoms with E-state index >= 15 is 0 Å². The van der Waals surface area contributed by atoms with Crippen molar-refractivity contribution in [2.75, 3.05) is 23.1 Å². The number of likely N-dealkylation sites (tertiary alicyclic amines) is 1. The largest absolute Gasteiger partial charge is 0.339 e. The van der Waals surface area contributed by atoms with Crippen molar-refractivity contribution >= 4 is 39.1 Å². The van der Waals surface area contributed by atoms with Gasteiger partial charge in [0.25, 0.3) is 5.91 Å². The summed E-state index contributed by atoms with van der Waals surface area (Å²) >= 11 is 6.13. The predicted molar refractivity (Wildman–Crippen MR) is 91.6 cm³/mol. The number of amides is 2. The fourth-order valence-corrected chi connectivity index (χ4v) is 4.70. The lowest BCUT2D eigenvalue weighted by Gasteiger charge is -2.29. The standard InChI is InChI=1S/C16H16ClN3O4S/c17-14-2-1-12(20-15(21)5-8-25(20,23)24)9-13(14)16(22)19-6-3-11(10-18)4-7-19/h1-2,9,11H,3-8H2. The van der Waals surface area contributed by atoms with Crippen LogP contribution in [-0.2, 0) is 14.8 Å². The Hall–Kier alpha value is -2.11. The molecule has 2 heterocycles. The maximum absolute atomic E-state index is 12.7. The molecule has 0 aromatic heterocycles.